The molecule has 0 amide bonds. The fraction of sp³-hybridized carbons (Fsp3) is 0.333. The number of aryl methyl sites for hydroxylation is 4. The first-order valence-electron chi connectivity index (χ1n) is 6.43. The lowest BCUT2D eigenvalue weighted by Crippen LogP contribution is -1.97. The molecule has 3 aromatic rings. The van der Waals surface area contributed by atoms with Gasteiger partial charge in [0.25, 0.3) is 5.78 Å². The quantitative estimate of drug-likeness (QED) is 0.536. The average molecular weight is 319 g/mol. The molecular formula is C12H13N7O2S. The molecule has 0 saturated heterocycles. The third-order valence-electron chi connectivity index (χ3n) is 3.11. The predicted molar refractivity (Wildman–Crippen MR) is 79.0 cm³/mol. The monoisotopic (exact) mass is 319 g/mol. The summed E-state index contributed by atoms with van der Waals surface area (Å²) >= 11 is 1.11. The lowest BCUT2D eigenvalue weighted by atomic mass is 10.4. The molecule has 0 aliphatic heterocycles. The summed E-state index contributed by atoms with van der Waals surface area (Å²) in [5.74, 6) is 0.474. The third kappa shape index (κ3) is 2.30. The maximum Gasteiger partial charge on any atom is 0.324 e. The van der Waals surface area contributed by atoms with Crippen LogP contribution in [0, 0.1) is 30.9 Å². The van der Waals surface area contributed by atoms with Crippen LogP contribution in [0.5, 0.6) is 0 Å². The zero-order chi connectivity index (χ0) is 16.0. The van der Waals surface area contributed by atoms with Crippen LogP contribution in [0.4, 0.5) is 5.69 Å². The van der Waals surface area contributed by atoms with Gasteiger partial charge in [0.05, 0.1) is 4.92 Å². The first-order valence-corrected chi connectivity index (χ1v) is 7.25. The molecular weight excluding hydrogens is 306 g/mol. The zero-order valence-electron chi connectivity index (χ0n) is 12.4. The minimum atomic E-state index is -0.436. The Morgan fingerprint density at radius 2 is 1.95 bits per heavy atom. The number of fused-ring (bicyclic) bond motifs is 1. The van der Waals surface area contributed by atoms with Gasteiger partial charge in [0.1, 0.15) is 5.69 Å². The highest BCUT2D eigenvalue weighted by Gasteiger charge is 2.26. The van der Waals surface area contributed by atoms with Crippen molar-refractivity contribution in [3.8, 4) is 0 Å². The molecule has 3 aromatic heterocycles. The van der Waals surface area contributed by atoms with Crippen LogP contribution >= 0.6 is 11.8 Å². The highest BCUT2D eigenvalue weighted by molar-refractivity contribution is 7.99. The molecule has 0 spiro atoms. The van der Waals surface area contributed by atoms with E-state index in [2.05, 4.69) is 20.2 Å². The van der Waals surface area contributed by atoms with E-state index in [1.165, 1.54) is 4.68 Å². The molecule has 3 heterocycles. The van der Waals surface area contributed by atoms with E-state index in [0.29, 0.717) is 21.7 Å². The molecule has 3 rings (SSSR count). The summed E-state index contributed by atoms with van der Waals surface area (Å²) in [6, 6.07) is 1.90. The van der Waals surface area contributed by atoms with E-state index >= 15 is 0 Å². The predicted octanol–water partition coefficient (Wildman–Crippen LogP) is 1.84. The standard InChI is InChI=1S/C12H13N7O2S/c1-6-5-7(2)18-11(13-6)14-12(16-18)22-10-9(19(20)21)8(3)15-17(10)4/h5H,1-4H3. The summed E-state index contributed by atoms with van der Waals surface area (Å²) in [6.45, 7) is 5.39. The number of aromatic nitrogens is 6. The SMILES string of the molecule is Cc1cc(C)n2nc(Sc3c([N+](=O)[O-])c(C)nn3C)nc2n1. The average Bonchev–Trinajstić information content (AvgIpc) is 2.91. The van der Waals surface area contributed by atoms with E-state index in [0.717, 1.165) is 23.1 Å². The smallest absolute Gasteiger partial charge is 0.258 e. The Bertz CT molecular complexity index is 899. The summed E-state index contributed by atoms with van der Waals surface area (Å²) in [4.78, 5) is 19.4. The summed E-state index contributed by atoms with van der Waals surface area (Å²) in [5.41, 5.74) is 2.09. The molecule has 0 saturated carbocycles. The first-order chi connectivity index (χ1) is 10.4. The van der Waals surface area contributed by atoms with E-state index in [4.69, 9.17) is 0 Å². The number of nitrogens with zero attached hydrogens (tertiary/aromatic N) is 7. The Labute approximate surface area is 129 Å². The largest absolute Gasteiger partial charge is 0.324 e. The second-order valence-electron chi connectivity index (χ2n) is 4.87. The van der Waals surface area contributed by atoms with E-state index in [1.807, 2.05) is 19.9 Å². The summed E-state index contributed by atoms with van der Waals surface area (Å²) in [7, 11) is 1.66. The highest BCUT2D eigenvalue weighted by Crippen LogP contribution is 2.34. The second kappa shape index (κ2) is 5.05. The first kappa shape index (κ1) is 14.4. The lowest BCUT2D eigenvalue weighted by molar-refractivity contribution is -0.388. The van der Waals surface area contributed by atoms with Gasteiger partial charge in [-0.15, -0.1) is 5.10 Å². The Morgan fingerprint density at radius 1 is 1.23 bits per heavy atom. The maximum absolute atomic E-state index is 11.2. The molecule has 0 aliphatic carbocycles. The molecule has 22 heavy (non-hydrogen) atoms. The molecule has 114 valence electrons. The maximum atomic E-state index is 11.2. The van der Waals surface area contributed by atoms with Crippen LogP contribution < -0.4 is 0 Å². The van der Waals surface area contributed by atoms with E-state index in [9.17, 15) is 10.1 Å². The Balaban J connectivity index is 2.08. The van der Waals surface area contributed by atoms with Gasteiger partial charge in [-0.25, -0.2) is 9.50 Å². The molecule has 0 bridgehead atoms. The van der Waals surface area contributed by atoms with Gasteiger partial charge < -0.3 is 0 Å². The van der Waals surface area contributed by atoms with Crippen LogP contribution in [0.15, 0.2) is 16.2 Å². The van der Waals surface area contributed by atoms with Crippen LogP contribution in [0.3, 0.4) is 0 Å². The molecule has 0 N–H and O–H groups in total. The minimum absolute atomic E-state index is 0.0211. The van der Waals surface area contributed by atoms with Crippen molar-refractivity contribution in [2.75, 3.05) is 0 Å². The van der Waals surface area contributed by atoms with Crippen molar-refractivity contribution in [2.24, 2.45) is 7.05 Å². The van der Waals surface area contributed by atoms with Crippen LogP contribution in [0.2, 0.25) is 0 Å². The Kier molecular flexibility index (Phi) is 3.32. The van der Waals surface area contributed by atoms with Gasteiger partial charge >= 0.3 is 5.69 Å². The van der Waals surface area contributed by atoms with Crippen molar-refractivity contribution in [3.05, 3.63) is 33.3 Å². The molecule has 0 aliphatic rings. The summed E-state index contributed by atoms with van der Waals surface area (Å²) < 4.78 is 3.08. The Morgan fingerprint density at radius 3 is 2.64 bits per heavy atom. The topological polar surface area (TPSA) is 104 Å². The zero-order valence-corrected chi connectivity index (χ0v) is 13.2. The van der Waals surface area contributed by atoms with Crippen LogP contribution in [-0.4, -0.2) is 34.3 Å². The fourth-order valence-electron chi connectivity index (χ4n) is 2.23. The fourth-order valence-corrected chi connectivity index (χ4v) is 3.14. The number of hydrogen-bond donors (Lipinski definition) is 0. The van der Waals surface area contributed by atoms with Crippen molar-refractivity contribution < 1.29 is 4.92 Å². The van der Waals surface area contributed by atoms with Gasteiger partial charge in [0.15, 0.2) is 5.03 Å². The summed E-state index contributed by atoms with van der Waals surface area (Å²) in [5, 5.41) is 20.4. The van der Waals surface area contributed by atoms with Gasteiger partial charge in [-0.05, 0) is 38.6 Å². The molecule has 10 heteroatoms. The van der Waals surface area contributed by atoms with Gasteiger partial charge in [-0.2, -0.15) is 10.1 Å². The van der Waals surface area contributed by atoms with Crippen molar-refractivity contribution in [3.63, 3.8) is 0 Å². The third-order valence-corrected chi connectivity index (χ3v) is 4.12. The van der Waals surface area contributed by atoms with Crippen molar-refractivity contribution in [2.45, 2.75) is 31.0 Å². The van der Waals surface area contributed by atoms with E-state index in [-0.39, 0.29) is 5.69 Å². The Hall–Kier alpha value is -2.49. The van der Waals surface area contributed by atoms with Crippen molar-refractivity contribution in [1.82, 2.24) is 29.4 Å². The van der Waals surface area contributed by atoms with Gasteiger partial charge in [0.2, 0.25) is 5.16 Å². The molecule has 0 aromatic carbocycles. The molecule has 9 nitrogen and oxygen atoms in total. The van der Waals surface area contributed by atoms with Gasteiger partial charge in [0, 0.05) is 18.4 Å². The molecule has 0 atom stereocenters. The van der Waals surface area contributed by atoms with Gasteiger partial charge in [-0.3, -0.25) is 14.8 Å². The summed E-state index contributed by atoms with van der Waals surface area (Å²) in [6.07, 6.45) is 0. The lowest BCUT2D eigenvalue weighted by Gasteiger charge is -1.97. The number of hydrogen-bond acceptors (Lipinski definition) is 7. The molecule has 0 unspecified atom stereocenters. The molecule has 0 fully saturated rings. The van der Waals surface area contributed by atoms with Crippen molar-refractivity contribution in [1.29, 1.82) is 0 Å². The highest BCUT2D eigenvalue weighted by atomic mass is 32.2. The molecule has 0 radical (unpaired) electrons. The van der Waals surface area contributed by atoms with Crippen LogP contribution in [-0.2, 0) is 7.05 Å². The second-order valence-corrected chi connectivity index (χ2v) is 5.82. The van der Waals surface area contributed by atoms with Crippen LogP contribution in [0.1, 0.15) is 17.1 Å². The minimum Gasteiger partial charge on any atom is -0.258 e. The van der Waals surface area contributed by atoms with Crippen molar-refractivity contribution >= 4 is 23.2 Å². The van der Waals surface area contributed by atoms with Gasteiger partial charge in [-0.1, -0.05) is 0 Å². The van der Waals surface area contributed by atoms with Crippen LogP contribution in [0.25, 0.3) is 5.78 Å². The normalized spacial score (nSPS) is 11.3. The number of nitro groups is 1. The van der Waals surface area contributed by atoms with E-state index < -0.39 is 4.92 Å². The van der Waals surface area contributed by atoms with E-state index in [1.54, 1.807) is 18.5 Å². The number of rotatable bonds is 3.